The Labute approximate surface area is 187 Å². The number of aliphatic carboxylic acids is 1. The second-order valence-corrected chi connectivity index (χ2v) is 8.33. The average Bonchev–Trinajstić information content (AvgIpc) is 2.74. The minimum Gasteiger partial charge on any atom is -0.480 e. The third-order valence-corrected chi connectivity index (χ3v) is 4.98. The van der Waals surface area contributed by atoms with Gasteiger partial charge in [0, 0.05) is 6.42 Å². The first-order valence-electron chi connectivity index (χ1n) is 10.5. The van der Waals surface area contributed by atoms with Crippen molar-refractivity contribution in [3.63, 3.8) is 0 Å². The summed E-state index contributed by atoms with van der Waals surface area (Å²) in [4.78, 5) is 49.2. The lowest BCUT2D eigenvalue weighted by molar-refractivity contribution is -0.142. The first-order chi connectivity index (χ1) is 15.0. The van der Waals surface area contributed by atoms with Gasteiger partial charge in [-0.2, -0.15) is 0 Å². The van der Waals surface area contributed by atoms with E-state index in [1.165, 1.54) is 0 Å². The number of benzene rings is 1. The van der Waals surface area contributed by atoms with Crippen LogP contribution in [0.3, 0.4) is 0 Å². The lowest BCUT2D eigenvalue weighted by Gasteiger charge is -2.26. The van der Waals surface area contributed by atoms with Gasteiger partial charge in [0.2, 0.25) is 17.7 Å². The van der Waals surface area contributed by atoms with Gasteiger partial charge in [-0.05, 0) is 17.4 Å². The topological polar surface area (TPSA) is 171 Å². The maximum absolute atomic E-state index is 12.8. The first kappa shape index (κ1) is 27.1. The van der Waals surface area contributed by atoms with Crippen molar-refractivity contribution in [3.8, 4) is 0 Å². The number of hydrogen-bond donors (Lipinski definition) is 6. The highest BCUT2D eigenvalue weighted by Gasteiger charge is 2.32. The molecule has 0 fully saturated rings. The number of aliphatic hydroxyl groups is 1. The molecule has 7 N–H and O–H groups in total. The molecule has 0 aromatic heterocycles. The van der Waals surface area contributed by atoms with Crippen LogP contribution in [-0.2, 0) is 25.6 Å². The van der Waals surface area contributed by atoms with Gasteiger partial charge in [-0.1, -0.05) is 58.0 Å². The van der Waals surface area contributed by atoms with Gasteiger partial charge in [0.1, 0.15) is 18.1 Å². The van der Waals surface area contributed by atoms with Gasteiger partial charge in [-0.25, -0.2) is 4.79 Å². The van der Waals surface area contributed by atoms with Crippen LogP contribution in [0.4, 0.5) is 0 Å². The SMILES string of the molecule is CC(C)C(N)C(=O)NC(CO)C(=O)NC(C(=O)NC(Cc1ccccc1)C(=O)O)C(C)C. The number of rotatable bonds is 12. The van der Waals surface area contributed by atoms with E-state index in [1.807, 2.05) is 0 Å². The maximum atomic E-state index is 12.8. The molecule has 32 heavy (non-hydrogen) atoms. The minimum atomic E-state index is -1.30. The zero-order valence-electron chi connectivity index (χ0n) is 18.9. The van der Waals surface area contributed by atoms with Crippen molar-refractivity contribution in [2.75, 3.05) is 6.61 Å². The van der Waals surface area contributed by atoms with Crippen molar-refractivity contribution < 1.29 is 29.4 Å². The van der Waals surface area contributed by atoms with Crippen LogP contribution < -0.4 is 21.7 Å². The highest BCUT2D eigenvalue weighted by molar-refractivity contribution is 5.94. The standard InChI is InChI=1S/C22H34N4O6/c1-12(2)17(23)20(29)25-16(11-27)19(28)26-18(13(3)4)21(30)24-15(22(31)32)10-14-8-6-5-7-9-14/h5-9,12-13,15-18,27H,10-11,23H2,1-4H3,(H,24,30)(H,25,29)(H,26,28)(H,31,32). The molecule has 10 heteroatoms. The Hall–Kier alpha value is -2.98. The molecule has 0 spiro atoms. The summed E-state index contributed by atoms with van der Waals surface area (Å²) in [5, 5.41) is 26.4. The van der Waals surface area contributed by atoms with E-state index in [0.29, 0.717) is 0 Å². The van der Waals surface area contributed by atoms with Crippen LogP contribution >= 0.6 is 0 Å². The predicted molar refractivity (Wildman–Crippen MR) is 118 cm³/mol. The van der Waals surface area contributed by atoms with Crippen LogP contribution in [0.15, 0.2) is 30.3 Å². The maximum Gasteiger partial charge on any atom is 0.326 e. The molecule has 4 atom stereocenters. The Morgan fingerprint density at radius 3 is 1.88 bits per heavy atom. The van der Waals surface area contributed by atoms with Gasteiger partial charge in [-0.15, -0.1) is 0 Å². The molecule has 0 bridgehead atoms. The number of amides is 3. The molecular weight excluding hydrogens is 416 g/mol. The van der Waals surface area contributed by atoms with E-state index in [2.05, 4.69) is 16.0 Å². The summed E-state index contributed by atoms with van der Waals surface area (Å²) < 4.78 is 0. The fourth-order valence-electron chi connectivity index (χ4n) is 2.86. The number of carboxylic acids is 1. The molecule has 0 aliphatic rings. The zero-order chi connectivity index (χ0) is 24.4. The largest absolute Gasteiger partial charge is 0.480 e. The van der Waals surface area contributed by atoms with Crippen LogP contribution in [0.5, 0.6) is 0 Å². The average molecular weight is 451 g/mol. The number of carbonyl (C=O) groups is 4. The van der Waals surface area contributed by atoms with Crippen molar-refractivity contribution in [2.45, 2.75) is 58.3 Å². The van der Waals surface area contributed by atoms with Crippen molar-refractivity contribution >= 4 is 23.7 Å². The third-order valence-electron chi connectivity index (χ3n) is 4.98. The lowest BCUT2D eigenvalue weighted by atomic mass is 10.0. The molecule has 4 unspecified atom stereocenters. The highest BCUT2D eigenvalue weighted by Crippen LogP contribution is 2.07. The predicted octanol–water partition coefficient (Wildman–Crippen LogP) is -0.600. The molecule has 10 nitrogen and oxygen atoms in total. The summed E-state index contributed by atoms with van der Waals surface area (Å²) in [7, 11) is 0. The summed E-state index contributed by atoms with van der Waals surface area (Å²) >= 11 is 0. The highest BCUT2D eigenvalue weighted by atomic mass is 16.4. The first-order valence-corrected chi connectivity index (χ1v) is 10.5. The molecule has 1 rings (SSSR count). The minimum absolute atomic E-state index is 0.0725. The number of nitrogens with two attached hydrogens (primary N) is 1. The summed E-state index contributed by atoms with van der Waals surface area (Å²) in [5.41, 5.74) is 6.49. The van der Waals surface area contributed by atoms with Gasteiger partial charge in [0.05, 0.1) is 12.6 Å². The second kappa shape index (κ2) is 12.8. The van der Waals surface area contributed by atoms with Gasteiger partial charge in [-0.3, -0.25) is 14.4 Å². The molecule has 0 aliphatic heterocycles. The molecule has 0 radical (unpaired) electrons. The Morgan fingerprint density at radius 1 is 0.844 bits per heavy atom. The van der Waals surface area contributed by atoms with E-state index in [-0.39, 0.29) is 12.3 Å². The normalized spacial score (nSPS) is 14.9. The van der Waals surface area contributed by atoms with Gasteiger partial charge >= 0.3 is 5.97 Å². The number of nitrogens with one attached hydrogen (secondary N) is 3. The van der Waals surface area contributed by atoms with Crippen LogP contribution in [0.2, 0.25) is 0 Å². The van der Waals surface area contributed by atoms with Crippen LogP contribution in [0, 0.1) is 11.8 Å². The molecule has 0 saturated carbocycles. The zero-order valence-corrected chi connectivity index (χ0v) is 18.9. The fraction of sp³-hybridized carbons (Fsp3) is 0.545. The number of carboxylic acid groups (broad SMARTS) is 1. The monoisotopic (exact) mass is 450 g/mol. The van der Waals surface area contributed by atoms with Crippen LogP contribution in [-0.4, -0.2) is 64.7 Å². The Balaban J connectivity index is 2.87. The summed E-state index contributed by atoms with van der Waals surface area (Å²) in [5.74, 6) is -3.84. The van der Waals surface area contributed by atoms with E-state index in [1.54, 1.807) is 58.0 Å². The molecule has 0 aliphatic carbocycles. The number of carbonyl (C=O) groups excluding carboxylic acids is 3. The summed E-state index contributed by atoms with van der Waals surface area (Å²) in [6, 6.07) is 4.39. The van der Waals surface area contributed by atoms with Crippen LogP contribution in [0.1, 0.15) is 33.3 Å². The van der Waals surface area contributed by atoms with E-state index >= 15 is 0 Å². The molecule has 0 saturated heterocycles. The Kier molecular flexibility index (Phi) is 10.8. The number of aliphatic hydroxyl groups excluding tert-OH is 1. The molecule has 178 valence electrons. The van der Waals surface area contributed by atoms with Gasteiger partial charge in [0.25, 0.3) is 0 Å². The van der Waals surface area contributed by atoms with Gasteiger partial charge in [0.15, 0.2) is 0 Å². The van der Waals surface area contributed by atoms with Gasteiger partial charge < -0.3 is 31.9 Å². The lowest BCUT2D eigenvalue weighted by Crippen LogP contribution is -2.59. The summed E-state index contributed by atoms with van der Waals surface area (Å²) in [6.07, 6.45) is 0.0725. The van der Waals surface area contributed by atoms with E-state index in [0.717, 1.165) is 5.56 Å². The molecule has 1 aromatic carbocycles. The van der Waals surface area contributed by atoms with Crippen molar-refractivity contribution in [2.24, 2.45) is 17.6 Å². The molecule has 1 aromatic rings. The Morgan fingerprint density at radius 2 is 1.41 bits per heavy atom. The van der Waals surface area contributed by atoms with Crippen molar-refractivity contribution in [1.82, 2.24) is 16.0 Å². The third kappa shape index (κ3) is 8.27. The summed E-state index contributed by atoms with van der Waals surface area (Å²) in [6.45, 7) is 6.15. The quantitative estimate of drug-likeness (QED) is 0.247. The Bertz CT molecular complexity index is 784. The number of hydrogen-bond acceptors (Lipinski definition) is 6. The molecule has 0 heterocycles. The smallest absolute Gasteiger partial charge is 0.326 e. The van der Waals surface area contributed by atoms with E-state index in [4.69, 9.17) is 5.73 Å². The fourth-order valence-corrected chi connectivity index (χ4v) is 2.86. The molecule has 3 amide bonds. The second-order valence-electron chi connectivity index (χ2n) is 8.33. The van der Waals surface area contributed by atoms with Crippen LogP contribution in [0.25, 0.3) is 0 Å². The van der Waals surface area contributed by atoms with Crippen molar-refractivity contribution in [1.29, 1.82) is 0 Å². The van der Waals surface area contributed by atoms with E-state index < -0.39 is 60.4 Å². The van der Waals surface area contributed by atoms with E-state index in [9.17, 15) is 29.4 Å². The van der Waals surface area contributed by atoms with Crippen molar-refractivity contribution in [3.05, 3.63) is 35.9 Å². The molecular formula is C22H34N4O6.